The van der Waals surface area contributed by atoms with Crippen molar-refractivity contribution < 1.29 is 29.0 Å². The second-order valence-corrected chi connectivity index (χ2v) is 17.0. The number of aliphatic hydroxyl groups excluding tert-OH is 1. The maximum absolute atomic E-state index is 15.1. The number of esters is 1. The maximum Gasteiger partial charge on any atom is 0.350 e. The van der Waals surface area contributed by atoms with Crippen LogP contribution in [0.25, 0.3) is 0 Å². The Hall–Kier alpha value is -4.56. The summed E-state index contributed by atoms with van der Waals surface area (Å²) >= 11 is 0. The van der Waals surface area contributed by atoms with Crippen molar-refractivity contribution in [3.8, 4) is 0 Å². The number of ether oxygens (including phenoxy) is 2. The molecule has 0 radical (unpaired) electrons. The van der Waals surface area contributed by atoms with Crippen LogP contribution in [-0.4, -0.2) is 98.5 Å². The van der Waals surface area contributed by atoms with E-state index in [1.165, 1.54) is 5.57 Å². The molecule has 320 valence electrons. The van der Waals surface area contributed by atoms with Crippen LogP contribution in [0.4, 0.5) is 0 Å². The molecule has 7 unspecified atom stereocenters. The monoisotopic (exact) mass is 811 g/mol. The summed E-state index contributed by atoms with van der Waals surface area (Å²) in [6.45, 7) is 9.97. The number of hydrogen-bond acceptors (Lipinski definition) is 11. The number of ketones is 2. The maximum atomic E-state index is 15.1. The SMILES string of the molecule is CCNC1C=C2C=CCCC2CC1C(CCCO)OC(=O)C12OC1(CC=C(C)CC(NC(N)=NC)C1=CCNC(NCNC)=C1)C(=O)c1cccc(CC(C)C)c1C2=O. The Bertz CT molecular complexity index is 1930. The number of likely N-dealkylation sites (N-methyl/N-ethyl adjacent to an activating group) is 1. The standard InChI is InChI=1S/C46H65N7O6/c1-7-50-37-25-31-13-9-8-12-30(31)24-35(37)38(16-11-21-54)58-43(57)46-42(56)40-33(22-28(2)3)14-10-15-34(40)41(55)45(46,59-46)19-17-29(4)23-36(53-44(47)49-6)32-18-20-51-39(26-32)52-27-48-5/h9-10,13-15,17-18,25-26,28,30,35-38,48,50-52,54H,7-8,11-12,16,19-24,27H2,1-6H3,(H3,47,49,53). The van der Waals surface area contributed by atoms with Crippen LogP contribution in [-0.2, 0) is 20.7 Å². The minimum absolute atomic E-state index is 0.00685. The number of aliphatic imine (C=N–C) groups is 1. The topological polar surface area (TPSA) is 192 Å². The Morgan fingerprint density at radius 2 is 2.05 bits per heavy atom. The number of nitrogens with two attached hydrogens (primary N) is 1. The first-order chi connectivity index (χ1) is 28.4. The fourth-order valence-corrected chi connectivity index (χ4v) is 9.40. The molecule has 0 saturated carbocycles. The summed E-state index contributed by atoms with van der Waals surface area (Å²) in [5.41, 5.74) is 6.71. The first-order valence-corrected chi connectivity index (χ1v) is 21.5. The van der Waals surface area contributed by atoms with Gasteiger partial charge in [-0.1, -0.05) is 74.9 Å². The fourth-order valence-electron chi connectivity index (χ4n) is 9.40. The van der Waals surface area contributed by atoms with Gasteiger partial charge in [0.15, 0.2) is 17.3 Å². The molecule has 6 rings (SSSR count). The van der Waals surface area contributed by atoms with Gasteiger partial charge in [-0.05, 0) is 100 Å². The quantitative estimate of drug-likeness (QED) is 0.0202. The summed E-state index contributed by atoms with van der Waals surface area (Å²) in [7, 11) is 3.49. The summed E-state index contributed by atoms with van der Waals surface area (Å²) in [4.78, 5) is 49.1. The van der Waals surface area contributed by atoms with Crippen molar-refractivity contribution in [2.24, 2.45) is 28.5 Å². The van der Waals surface area contributed by atoms with Crippen molar-refractivity contribution in [2.75, 3.05) is 40.5 Å². The van der Waals surface area contributed by atoms with Gasteiger partial charge in [-0.25, -0.2) is 4.79 Å². The summed E-state index contributed by atoms with van der Waals surface area (Å²) in [6, 6.07) is 5.00. The van der Waals surface area contributed by atoms with Crippen molar-refractivity contribution in [2.45, 2.75) is 108 Å². The molecule has 59 heavy (non-hydrogen) atoms. The Morgan fingerprint density at radius 1 is 1.24 bits per heavy atom. The van der Waals surface area contributed by atoms with Gasteiger partial charge in [-0.2, -0.15) is 0 Å². The lowest BCUT2D eigenvalue weighted by atomic mass is 9.70. The molecule has 0 bridgehead atoms. The zero-order valence-corrected chi connectivity index (χ0v) is 35.7. The number of Topliss-reactive ketones (excluding diaryl/α,β-unsaturated/α-hetero) is 2. The highest BCUT2D eigenvalue weighted by molar-refractivity contribution is 6.33. The Labute approximate surface area is 349 Å². The molecule has 13 nitrogen and oxygen atoms in total. The number of dihydropyridines is 1. The molecule has 2 aliphatic heterocycles. The highest BCUT2D eigenvalue weighted by Gasteiger charge is 2.85. The van der Waals surface area contributed by atoms with Gasteiger partial charge < -0.3 is 46.9 Å². The van der Waals surface area contributed by atoms with Gasteiger partial charge in [0, 0.05) is 49.7 Å². The molecule has 13 heteroatoms. The number of benzene rings is 1. The van der Waals surface area contributed by atoms with Gasteiger partial charge in [-0.15, -0.1) is 0 Å². The van der Waals surface area contributed by atoms with Crippen molar-refractivity contribution in [1.82, 2.24) is 26.6 Å². The molecule has 7 atom stereocenters. The van der Waals surface area contributed by atoms with Crippen LogP contribution < -0.4 is 32.3 Å². The molecule has 0 spiro atoms. The number of carbonyl (C=O) groups is 3. The summed E-state index contributed by atoms with van der Waals surface area (Å²) in [5, 5.41) is 26.6. The van der Waals surface area contributed by atoms with Crippen LogP contribution in [0.5, 0.6) is 0 Å². The lowest BCUT2D eigenvalue weighted by Gasteiger charge is -2.40. The largest absolute Gasteiger partial charge is 0.459 e. The molecule has 2 heterocycles. The number of rotatable bonds is 19. The van der Waals surface area contributed by atoms with Crippen LogP contribution in [0.3, 0.4) is 0 Å². The van der Waals surface area contributed by atoms with E-state index in [0.717, 1.165) is 42.8 Å². The molecule has 1 saturated heterocycles. The van der Waals surface area contributed by atoms with E-state index in [9.17, 15) is 9.90 Å². The Morgan fingerprint density at radius 3 is 2.78 bits per heavy atom. The average Bonchev–Trinajstić information content (AvgIpc) is 3.94. The molecule has 1 aromatic carbocycles. The number of fused-ring (bicyclic) bond motifs is 3. The van der Waals surface area contributed by atoms with E-state index < -0.39 is 34.8 Å². The van der Waals surface area contributed by atoms with Crippen molar-refractivity contribution in [3.05, 3.63) is 93.9 Å². The van der Waals surface area contributed by atoms with Crippen molar-refractivity contribution in [3.63, 3.8) is 0 Å². The Kier molecular flexibility index (Phi) is 14.3. The van der Waals surface area contributed by atoms with Crippen LogP contribution in [0.1, 0.15) is 98.9 Å². The predicted molar refractivity (Wildman–Crippen MR) is 231 cm³/mol. The van der Waals surface area contributed by atoms with E-state index in [4.69, 9.17) is 15.2 Å². The second kappa shape index (κ2) is 19.2. The molecule has 0 aromatic heterocycles. The van der Waals surface area contributed by atoms with E-state index in [1.807, 2.05) is 32.2 Å². The zero-order valence-electron chi connectivity index (χ0n) is 35.7. The van der Waals surface area contributed by atoms with E-state index in [2.05, 4.69) is 76.7 Å². The Balaban J connectivity index is 1.35. The summed E-state index contributed by atoms with van der Waals surface area (Å²) in [5.74, 6) is -0.185. The van der Waals surface area contributed by atoms with Gasteiger partial charge in [0.2, 0.25) is 5.78 Å². The van der Waals surface area contributed by atoms with Crippen LogP contribution in [0.15, 0.2) is 82.2 Å². The highest BCUT2D eigenvalue weighted by Crippen LogP contribution is 2.59. The molecule has 1 aromatic rings. The van der Waals surface area contributed by atoms with E-state index in [-0.39, 0.29) is 54.0 Å². The molecule has 3 aliphatic carbocycles. The van der Waals surface area contributed by atoms with Crippen molar-refractivity contribution >= 4 is 23.5 Å². The number of nitrogens with zero attached hydrogens (tertiary/aromatic N) is 1. The normalized spacial score (nSPS) is 27.3. The second-order valence-electron chi connectivity index (χ2n) is 17.0. The van der Waals surface area contributed by atoms with E-state index in [1.54, 1.807) is 19.2 Å². The van der Waals surface area contributed by atoms with E-state index in [0.29, 0.717) is 50.4 Å². The summed E-state index contributed by atoms with van der Waals surface area (Å²) in [6.07, 6.45) is 16.7. The number of guanidine groups is 1. The third-order valence-electron chi connectivity index (χ3n) is 12.4. The molecule has 1 fully saturated rings. The van der Waals surface area contributed by atoms with E-state index >= 15 is 9.59 Å². The minimum Gasteiger partial charge on any atom is -0.459 e. The molecular weight excluding hydrogens is 747 g/mol. The number of allylic oxidation sites excluding steroid dienone is 3. The number of hydrogen-bond donors (Lipinski definition) is 7. The van der Waals surface area contributed by atoms with Crippen LogP contribution in [0, 0.1) is 17.8 Å². The van der Waals surface area contributed by atoms with Gasteiger partial charge >= 0.3 is 5.97 Å². The fraction of sp³-hybridized carbons (Fsp3) is 0.565. The molecule has 0 amide bonds. The smallest absolute Gasteiger partial charge is 0.350 e. The number of nitrogens with one attached hydrogen (secondary N) is 5. The molecular formula is C46H65N7O6. The van der Waals surface area contributed by atoms with Gasteiger partial charge in [0.05, 0.1) is 12.7 Å². The molecule has 5 aliphatic rings. The predicted octanol–water partition coefficient (Wildman–Crippen LogP) is 4.11. The lowest BCUT2D eigenvalue weighted by Crippen LogP contribution is -2.53. The third-order valence-corrected chi connectivity index (χ3v) is 12.4. The number of carbonyl (C=O) groups excluding carboxylic acids is 3. The van der Waals surface area contributed by atoms with Crippen LogP contribution in [0.2, 0.25) is 0 Å². The zero-order chi connectivity index (χ0) is 42.3. The first kappa shape index (κ1) is 44.0. The minimum atomic E-state index is -2.14. The van der Waals surface area contributed by atoms with Crippen LogP contribution >= 0.6 is 0 Å². The van der Waals surface area contributed by atoms with Gasteiger partial charge in [0.25, 0.3) is 5.60 Å². The lowest BCUT2D eigenvalue weighted by molar-refractivity contribution is -0.158. The third kappa shape index (κ3) is 9.13. The average molecular weight is 812 g/mol. The van der Waals surface area contributed by atoms with Crippen molar-refractivity contribution in [1.29, 1.82) is 0 Å². The number of epoxide rings is 1. The first-order valence-electron chi connectivity index (χ1n) is 21.5. The number of aliphatic hydroxyl groups is 1. The molecule has 8 N–H and O–H groups in total. The van der Waals surface area contributed by atoms with Gasteiger partial charge in [-0.3, -0.25) is 14.6 Å². The summed E-state index contributed by atoms with van der Waals surface area (Å²) < 4.78 is 13.0. The highest BCUT2D eigenvalue weighted by atomic mass is 16.7. The van der Waals surface area contributed by atoms with Gasteiger partial charge in [0.1, 0.15) is 11.9 Å².